The summed E-state index contributed by atoms with van der Waals surface area (Å²) in [6.45, 7) is -0.283. The lowest BCUT2D eigenvalue weighted by Crippen LogP contribution is -2.22. The molecular weight excluding hydrogens is 466 g/mol. The molecule has 1 N–H and O–H groups in total. The summed E-state index contributed by atoms with van der Waals surface area (Å²) in [4.78, 5) is 46.9. The molecule has 0 spiro atoms. The molecule has 1 amide bonds. The number of aryl methyl sites for hydroxylation is 1. The first-order valence-corrected chi connectivity index (χ1v) is 11.3. The topological polar surface area (TPSA) is 134 Å². The summed E-state index contributed by atoms with van der Waals surface area (Å²) in [5.74, 6) is -1.71. The number of anilines is 1. The van der Waals surface area contributed by atoms with Crippen molar-refractivity contribution in [2.75, 3.05) is 11.9 Å². The molecule has 0 fully saturated rings. The van der Waals surface area contributed by atoms with Gasteiger partial charge in [-0.2, -0.15) is 0 Å². The molecule has 10 heteroatoms. The van der Waals surface area contributed by atoms with Crippen LogP contribution >= 0.6 is 0 Å². The molecule has 4 rings (SSSR count). The zero-order valence-corrected chi connectivity index (χ0v) is 19.2. The van der Waals surface area contributed by atoms with Gasteiger partial charge in [-0.15, -0.1) is 0 Å². The molecule has 0 aliphatic rings. The molecule has 36 heavy (non-hydrogen) atoms. The lowest BCUT2D eigenvalue weighted by Gasteiger charge is -2.11. The smallest absolute Gasteiger partial charge is 0.419 e. The van der Waals surface area contributed by atoms with Crippen molar-refractivity contribution in [2.45, 2.75) is 25.8 Å². The number of carbonyl (C=O) groups excluding carboxylic acids is 2. The zero-order chi connectivity index (χ0) is 25.5. The average Bonchev–Trinajstić information content (AvgIpc) is 3.18. The Bertz CT molecular complexity index is 1460. The Labute approximate surface area is 205 Å². The highest BCUT2D eigenvalue weighted by atomic mass is 16.6. The second-order valence-electron chi connectivity index (χ2n) is 8.06. The Morgan fingerprint density at radius 2 is 1.78 bits per heavy atom. The number of hydrogen-bond donors (Lipinski definition) is 1. The van der Waals surface area contributed by atoms with Gasteiger partial charge in [0.2, 0.25) is 0 Å². The number of nitrogens with one attached hydrogen (secondary N) is 1. The number of amides is 1. The van der Waals surface area contributed by atoms with Gasteiger partial charge >= 0.3 is 11.7 Å². The Balaban J connectivity index is 1.26. The molecule has 0 bridgehead atoms. The molecule has 1 aromatic heterocycles. The predicted molar refractivity (Wildman–Crippen MR) is 132 cm³/mol. The van der Waals surface area contributed by atoms with E-state index in [1.54, 1.807) is 6.07 Å². The summed E-state index contributed by atoms with van der Waals surface area (Å²) in [5, 5.41) is 13.7. The largest absolute Gasteiger partial charge is 0.456 e. The minimum absolute atomic E-state index is 0.0238. The maximum atomic E-state index is 12.4. The molecule has 0 aliphatic heterocycles. The van der Waals surface area contributed by atoms with Crippen LogP contribution in [0.2, 0.25) is 0 Å². The maximum Gasteiger partial charge on any atom is 0.419 e. The fourth-order valence-electron chi connectivity index (χ4n) is 3.78. The Hall–Kier alpha value is -4.73. The number of fused-ring (bicyclic) bond motifs is 1. The quantitative estimate of drug-likeness (QED) is 0.202. The fraction of sp³-hybridized carbons (Fsp3) is 0.192. The molecule has 0 saturated heterocycles. The summed E-state index contributed by atoms with van der Waals surface area (Å²) in [5.41, 5.74) is 3.00. The number of esters is 1. The molecule has 0 unspecified atom stereocenters. The van der Waals surface area contributed by atoms with Crippen molar-refractivity contribution >= 4 is 34.4 Å². The summed E-state index contributed by atoms with van der Waals surface area (Å²) in [6, 6.07) is 21.2. The van der Waals surface area contributed by atoms with Crippen molar-refractivity contribution in [1.29, 1.82) is 0 Å². The highest BCUT2D eigenvalue weighted by Gasteiger charge is 2.15. The van der Waals surface area contributed by atoms with E-state index in [1.807, 2.05) is 48.5 Å². The molecule has 0 atom stereocenters. The van der Waals surface area contributed by atoms with Crippen molar-refractivity contribution in [1.82, 2.24) is 4.57 Å². The van der Waals surface area contributed by atoms with Gasteiger partial charge in [-0.05, 0) is 36.1 Å². The van der Waals surface area contributed by atoms with E-state index in [0.29, 0.717) is 17.6 Å². The predicted octanol–water partition coefficient (Wildman–Crippen LogP) is 4.06. The van der Waals surface area contributed by atoms with Crippen LogP contribution < -0.4 is 11.1 Å². The van der Waals surface area contributed by atoms with E-state index in [1.165, 1.54) is 22.8 Å². The highest BCUT2D eigenvalue weighted by Crippen LogP contribution is 2.21. The summed E-state index contributed by atoms with van der Waals surface area (Å²) < 4.78 is 11.4. The molecule has 0 aliphatic carbocycles. The van der Waals surface area contributed by atoms with Crippen molar-refractivity contribution in [3.05, 3.63) is 105 Å². The second-order valence-corrected chi connectivity index (χ2v) is 8.06. The Morgan fingerprint density at radius 3 is 2.56 bits per heavy atom. The van der Waals surface area contributed by atoms with E-state index in [4.69, 9.17) is 9.15 Å². The number of rotatable bonds is 10. The van der Waals surface area contributed by atoms with Gasteiger partial charge in [0.25, 0.3) is 11.6 Å². The minimum atomic E-state index is -0.674. The average molecular weight is 489 g/mol. The van der Waals surface area contributed by atoms with E-state index < -0.39 is 29.2 Å². The summed E-state index contributed by atoms with van der Waals surface area (Å²) in [7, 11) is 0. The standard InChI is InChI=1S/C26H23N3O7/c30-24(27-21-10-5-4-9-19(21)15-18-7-2-1-3-8-18)17-35-25(31)11-6-14-28-22-13-12-20(29(33)34)16-23(22)36-26(28)32/h1-5,7-10,12-13,16H,6,11,14-15,17H2,(H,27,30). The molecule has 10 nitrogen and oxygen atoms in total. The van der Waals surface area contributed by atoms with Crippen LogP contribution in [0.4, 0.5) is 11.4 Å². The Kier molecular flexibility index (Phi) is 7.54. The second kappa shape index (κ2) is 11.1. The number of benzene rings is 3. The number of ether oxygens (including phenoxy) is 1. The Morgan fingerprint density at radius 1 is 1.03 bits per heavy atom. The van der Waals surface area contributed by atoms with Crippen LogP contribution in [0.1, 0.15) is 24.0 Å². The lowest BCUT2D eigenvalue weighted by atomic mass is 10.0. The van der Waals surface area contributed by atoms with Gasteiger partial charge in [0.1, 0.15) is 0 Å². The van der Waals surface area contributed by atoms with E-state index in [0.717, 1.165) is 11.1 Å². The van der Waals surface area contributed by atoms with Gasteiger partial charge < -0.3 is 14.5 Å². The molecule has 0 radical (unpaired) electrons. The molecule has 1 heterocycles. The molecule has 4 aromatic rings. The van der Waals surface area contributed by atoms with Gasteiger partial charge in [-0.25, -0.2) is 4.79 Å². The van der Waals surface area contributed by atoms with Crippen LogP contribution in [0.5, 0.6) is 0 Å². The van der Waals surface area contributed by atoms with Crippen LogP contribution in [0.25, 0.3) is 11.1 Å². The third kappa shape index (κ3) is 6.03. The molecule has 184 valence electrons. The van der Waals surface area contributed by atoms with Gasteiger partial charge in [-0.1, -0.05) is 48.5 Å². The SMILES string of the molecule is O=C(COC(=O)CCCn1c(=O)oc2cc([N+](=O)[O-])ccc21)Nc1ccccc1Cc1ccccc1. The van der Waals surface area contributed by atoms with Crippen LogP contribution in [0.3, 0.4) is 0 Å². The van der Waals surface area contributed by atoms with Crippen LogP contribution in [-0.4, -0.2) is 28.0 Å². The van der Waals surface area contributed by atoms with Crippen LogP contribution in [0.15, 0.2) is 82.0 Å². The first-order valence-electron chi connectivity index (χ1n) is 11.3. The number of hydrogen-bond acceptors (Lipinski definition) is 7. The number of nitrogens with zero attached hydrogens (tertiary/aromatic N) is 2. The number of non-ortho nitro benzene ring substituents is 1. The molecular formula is C26H23N3O7. The van der Waals surface area contributed by atoms with Crippen molar-refractivity contribution in [3.63, 3.8) is 0 Å². The number of aromatic nitrogens is 1. The number of oxazole rings is 1. The monoisotopic (exact) mass is 489 g/mol. The van der Waals surface area contributed by atoms with Crippen molar-refractivity contribution in [3.8, 4) is 0 Å². The number of carbonyl (C=O) groups is 2. The minimum Gasteiger partial charge on any atom is -0.456 e. The molecule has 0 saturated carbocycles. The molecule has 3 aromatic carbocycles. The van der Waals surface area contributed by atoms with E-state index in [9.17, 15) is 24.5 Å². The van der Waals surface area contributed by atoms with Crippen molar-refractivity contribution in [2.24, 2.45) is 0 Å². The third-order valence-corrected chi connectivity index (χ3v) is 5.52. The number of para-hydroxylation sites is 1. The van der Waals surface area contributed by atoms with Gasteiger partial charge in [-0.3, -0.25) is 24.3 Å². The third-order valence-electron chi connectivity index (χ3n) is 5.52. The lowest BCUT2D eigenvalue weighted by molar-refractivity contribution is -0.384. The first kappa shape index (κ1) is 24.4. The van der Waals surface area contributed by atoms with Crippen molar-refractivity contribution < 1.29 is 23.7 Å². The zero-order valence-electron chi connectivity index (χ0n) is 19.2. The van der Waals surface area contributed by atoms with Gasteiger partial charge in [0.15, 0.2) is 12.2 Å². The van der Waals surface area contributed by atoms with E-state index in [-0.39, 0.29) is 30.7 Å². The summed E-state index contributed by atoms with van der Waals surface area (Å²) >= 11 is 0. The number of nitro groups is 1. The highest BCUT2D eigenvalue weighted by molar-refractivity contribution is 5.93. The van der Waals surface area contributed by atoms with Crippen LogP contribution in [0, 0.1) is 10.1 Å². The van der Waals surface area contributed by atoms with E-state index >= 15 is 0 Å². The van der Waals surface area contributed by atoms with E-state index in [2.05, 4.69) is 5.32 Å². The first-order chi connectivity index (χ1) is 17.4. The van der Waals surface area contributed by atoms with Crippen LogP contribution in [-0.2, 0) is 27.3 Å². The summed E-state index contributed by atoms with van der Waals surface area (Å²) in [6.07, 6.45) is 0.877. The maximum absolute atomic E-state index is 12.4. The number of nitro benzene ring substituents is 1. The van der Waals surface area contributed by atoms with Gasteiger partial charge in [0.05, 0.1) is 16.5 Å². The fourth-order valence-corrected chi connectivity index (χ4v) is 3.78. The van der Waals surface area contributed by atoms with Gasteiger partial charge in [0, 0.05) is 24.7 Å². The normalized spacial score (nSPS) is 10.8.